The van der Waals surface area contributed by atoms with Crippen molar-refractivity contribution in [3.63, 3.8) is 0 Å². The molecule has 29 heavy (non-hydrogen) atoms. The molecule has 1 N–H and O–H groups in total. The molecule has 0 radical (unpaired) electrons. The lowest BCUT2D eigenvalue weighted by atomic mass is 9.85. The highest BCUT2D eigenvalue weighted by atomic mass is 16.7. The van der Waals surface area contributed by atoms with Crippen molar-refractivity contribution in [2.75, 3.05) is 13.2 Å². The van der Waals surface area contributed by atoms with E-state index in [1.165, 1.54) is 0 Å². The van der Waals surface area contributed by atoms with Gasteiger partial charge in [0.05, 0.1) is 19.6 Å². The lowest BCUT2D eigenvalue weighted by molar-refractivity contribution is -0.170. The Morgan fingerprint density at radius 3 is 2.59 bits per heavy atom. The van der Waals surface area contributed by atoms with Crippen molar-refractivity contribution in [2.24, 2.45) is 11.8 Å². The van der Waals surface area contributed by atoms with Crippen molar-refractivity contribution in [3.8, 4) is 0 Å². The Labute approximate surface area is 174 Å². The fourth-order valence-electron chi connectivity index (χ4n) is 4.98. The van der Waals surface area contributed by atoms with Gasteiger partial charge in [-0.3, -0.25) is 4.79 Å². The molecule has 2 unspecified atom stereocenters. The molecule has 1 aliphatic carbocycles. The Morgan fingerprint density at radius 2 is 1.93 bits per heavy atom. The zero-order valence-corrected chi connectivity index (χ0v) is 18.3. The molecule has 3 rings (SSSR count). The van der Waals surface area contributed by atoms with Crippen LogP contribution in [0.15, 0.2) is 0 Å². The van der Waals surface area contributed by atoms with E-state index in [1.54, 1.807) is 0 Å². The first-order valence-corrected chi connectivity index (χ1v) is 11.2. The molecule has 1 saturated carbocycles. The van der Waals surface area contributed by atoms with Crippen molar-refractivity contribution in [2.45, 2.75) is 103 Å². The zero-order valence-electron chi connectivity index (χ0n) is 18.3. The molecule has 3 fully saturated rings. The lowest BCUT2D eigenvalue weighted by Gasteiger charge is -2.31. The second-order valence-electron chi connectivity index (χ2n) is 9.65. The third-order valence-electron chi connectivity index (χ3n) is 6.25. The molecule has 0 aromatic heterocycles. The van der Waals surface area contributed by atoms with E-state index in [2.05, 4.69) is 12.2 Å². The van der Waals surface area contributed by atoms with Crippen LogP contribution in [0.5, 0.6) is 0 Å². The fraction of sp³-hybridized carbons (Fsp3) is 0.909. The topological polar surface area (TPSA) is 83.1 Å². The first-order valence-electron chi connectivity index (χ1n) is 11.2. The van der Waals surface area contributed by atoms with Crippen LogP contribution in [0, 0.1) is 11.8 Å². The van der Waals surface area contributed by atoms with E-state index in [4.69, 9.17) is 18.9 Å². The molecule has 0 aromatic rings. The maximum absolute atomic E-state index is 12.4. The number of esters is 1. The van der Waals surface area contributed by atoms with Crippen LogP contribution < -0.4 is 5.32 Å². The zero-order chi connectivity index (χ0) is 21.1. The summed E-state index contributed by atoms with van der Waals surface area (Å²) in [5.41, 5.74) is -0.546. The van der Waals surface area contributed by atoms with E-state index in [0.29, 0.717) is 26.1 Å². The Hall–Kier alpha value is -1.34. The molecule has 2 heterocycles. The van der Waals surface area contributed by atoms with Gasteiger partial charge in [-0.1, -0.05) is 19.8 Å². The SMILES string of the molecule is CCCCCC1(CC[C@H]2C(NC(=O)OC(C)(C)C)CC3OC(=O)C[C@@H]32)OCCO1. The first kappa shape index (κ1) is 22.3. The van der Waals surface area contributed by atoms with Crippen molar-refractivity contribution >= 4 is 12.1 Å². The van der Waals surface area contributed by atoms with Gasteiger partial charge in [-0.25, -0.2) is 4.79 Å². The predicted molar refractivity (Wildman–Crippen MR) is 107 cm³/mol. The Morgan fingerprint density at radius 1 is 1.21 bits per heavy atom. The molecular weight excluding hydrogens is 374 g/mol. The van der Waals surface area contributed by atoms with Crippen LogP contribution in [-0.4, -0.2) is 48.8 Å². The molecule has 0 aromatic carbocycles. The van der Waals surface area contributed by atoms with Crippen LogP contribution in [-0.2, 0) is 23.7 Å². The number of carbonyl (C=O) groups is 2. The average Bonchev–Trinajstić information content (AvgIpc) is 3.27. The number of alkyl carbamates (subject to hydrolysis) is 1. The molecular formula is C22H37NO6. The molecule has 3 aliphatic rings. The summed E-state index contributed by atoms with van der Waals surface area (Å²) in [6.45, 7) is 9.00. The van der Waals surface area contributed by atoms with Crippen molar-refractivity contribution in [1.29, 1.82) is 0 Å². The van der Waals surface area contributed by atoms with Crippen molar-refractivity contribution in [3.05, 3.63) is 0 Å². The minimum atomic E-state index is -0.546. The smallest absolute Gasteiger partial charge is 0.407 e. The van der Waals surface area contributed by atoms with Gasteiger partial charge < -0.3 is 24.3 Å². The van der Waals surface area contributed by atoms with Gasteiger partial charge in [-0.2, -0.15) is 0 Å². The highest BCUT2D eigenvalue weighted by Crippen LogP contribution is 2.45. The van der Waals surface area contributed by atoms with Crippen LogP contribution in [0.1, 0.15) is 79.1 Å². The third-order valence-corrected chi connectivity index (χ3v) is 6.25. The minimum Gasteiger partial charge on any atom is -0.462 e. The van der Waals surface area contributed by atoms with Gasteiger partial charge in [0.25, 0.3) is 0 Å². The number of ether oxygens (including phenoxy) is 4. The highest BCUT2D eigenvalue weighted by molar-refractivity contribution is 5.73. The summed E-state index contributed by atoms with van der Waals surface area (Å²) in [4.78, 5) is 24.2. The lowest BCUT2D eigenvalue weighted by Crippen LogP contribution is -2.42. The number of rotatable bonds is 8. The fourth-order valence-corrected chi connectivity index (χ4v) is 4.98. The molecule has 0 bridgehead atoms. The van der Waals surface area contributed by atoms with E-state index in [1.807, 2.05) is 20.8 Å². The van der Waals surface area contributed by atoms with Gasteiger partial charge in [0.2, 0.25) is 0 Å². The van der Waals surface area contributed by atoms with E-state index >= 15 is 0 Å². The third kappa shape index (κ3) is 5.85. The molecule has 0 spiro atoms. The van der Waals surface area contributed by atoms with Crippen molar-refractivity contribution in [1.82, 2.24) is 5.32 Å². The molecule has 7 heteroatoms. The summed E-state index contributed by atoms with van der Waals surface area (Å²) < 4.78 is 23.0. The van der Waals surface area contributed by atoms with Crippen LogP contribution in [0.4, 0.5) is 4.79 Å². The predicted octanol–water partition coefficient (Wildman–Crippen LogP) is 3.93. The molecule has 1 amide bonds. The summed E-state index contributed by atoms with van der Waals surface area (Å²) >= 11 is 0. The Bertz CT molecular complexity index is 580. The van der Waals surface area contributed by atoms with Gasteiger partial charge in [-0.05, 0) is 39.5 Å². The summed E-state index contributed by atoms with van der Waals surface area (Å²) in [7, 11) is 0. The standard InChI is InChI=1S/C22H37NO6/c1-5-6-7-9-22(26-11-12-27-22)10-8-15-16-13-19(24)28-18(16)14-17(15)23-20(25)29-21(2,3)4/h15-18H,5-14H2,1-4H3,(H,23,25)/t15-,16-,17?,18?/m1/s1. The highest BCUT2D eigenvalue weighted by Gasteiger charge is 2.51. The summed E-state index contributed by atoms with van der Waals surface area (Å²) in [5, 5.41) is 3.04. The summed E-state index contributed by atoms with van der Waals surface area (Å²) in [5.74, 6) is -0.370. The van der Waals surface area contributed by atoms with Crippen LogP contribution >= 0.6 is 0 Å². The van der Waals surface area contributed by atoms with Crippen LogP contribution in [0.3, 0.4) is 0 Å². The van der Waals surface area contributed by atoms with E-state index in [9.17, 15) is 9.59 Å². The number of amides is 1. The number of fused-ring (bicyclic) bond motifs is 1. The molecule has 4 atom stereocenters. The normalized spacial score (nSPS) is 30.8. The second-order valence-corrected chi connectivity index (χ2v) is 9.65. The quantitative estimate of drug-likeness (QED) is 0.481. The van der Waals surface area contributed by atoms with Gasteiger partial charge in [-0.15, -0.1) is 0 Å². The summed E-state index contributed by atoms with van der Waals surface area (Å²) in [6, 6.07) is -0.0676. The number of hydrogen-bond donors (Lipinski definition) is 1. The number of hydrogen-bond acceptors (Lipinski definition) is 6. The number of unbranched alkanes of at least 4 members (excludes halogenated alkanes) is 2. The second kappa shape index (κ2) is 9.21. The first-order chi connectivity index (χ1) is 13.7. The maximum Gasteiger partial charge on any atom is 0.407 e. The van der Waals surface area contributed by atoms with Gasteiger partial charge in [0.1, 0.15) is 11.7 Å². The molecule has 166 valence electrons. The van der Waals surface area contributed by atoms with Crippen LogP contribution in [0.2, 0.25) is 0 Å². The number of carbonyl (C=O) groups excluding carboxylic acids is 2. The molecule has 2 saturated heterocycles. The van der Waals surface area contributed by atoms with E-state index in [0.717, 1.165) is 38.5 Å². The van der Waals surface area contributed by atoms with Crippen LogP contribution in [0.25, 0.3) is 0 Å². The van der Waals surface area contributed by atoms with E-state index in [-0.39, 0.29) is 30.0 Å². The Kier molecular flexibility index (Phi) is 7.10. The monoisotopic (exact) mass is 411 g/mol. The number of nitrogens with one attached hydrogen (secondary N) is 1. The summed E-state index contributed by atoms with van der Waals surface area (Å²) in [6.07, 6.45) is 6.42. The van der Waals surface area contributed by atoms with E-state index < -0.39 is 17.5 Å². The Balaban J connectivity index is 1.64. The minimum absolute atomic E-state index is 0.0676. The van der Waals surface area contributed by atoms with Crippen molar-refractivity contribution < 1.29 is 28.5 Å². The van der Waals surface area contributed by atoms with Gasteiger partial charge in [0.15, 0.2) is 5.79 Å². The molecule has 7 nitrogen and oxygen atoms in total. The van der Waals surface area contributed by atoms with Gasteiger partial charge >= 0.3 is 12.1 Å². The molecule has 2 aliphatic heterocycles. The van der Waals surface area contributed by atoms with Gasteiger partial charge in [0, 0.05) is 31.2 Å². The maximum atomic E-state index is 12.4. The largest absolute Gasteiger partial charge is 0.462 e. The average molecular weight is 412 g/mol.